The smallest absolute Gasteiger partial charge is 0.241 e. The predicted molar refractivity (Wildman–Crippen MR) is 65.0 cm³/mol. The van der Waals surface area contributed by atoms with E-state index < -0.39 is 0 Å². The normalized spacial score (nSPS) is 29.0. The summed E-state index contributed by atoms with van der Waals surface area (Å²) < 4.78 is 0. The number of carbonyl (C=O) groups is 1. The molecule has 0 bridgehead atoms. The largest absolute Gasteiger partial charge is 0.326 e. The molecule has 3 heteroatoms. The average Bonchev–Trinajstić information content (AvgIpc) is 2.89. The summed E-state index contributed by atoms with van der Waals surface area (Å²) in [5.74, 6) is 1.08. The van der Waals surface area contributed by atoms with Crippen LogP contribution < -0.4 is 5.32 Å². The predicted octanol–water partition coefficient (Wildman–Crippen LogP) is 2.12. The fourth-order valence-electron chi connectivity index (χ4n) is 3.13. The highest BCUT2D eigenvalue weighted by Gasteiger charge is 2.36. The molecule has 0 spiro atoms. The minimum Gasteiger partial charge on any atom is -0.326 e. The molecule has 2 fully saturated rings. The lowest BCUT2D eigenvalue weighted by Crippen LogP contribution is -2.40. The van der Waals surface area contributed by atoms with E-state index >= 15 is 0 Å². The number of nitrogens with one attached hydrogen (secondary N) is 1. The molecule has 0 aromatic rings. The van der Waals surface area contributed by atoms with Gasteiger partial charge in [0.2, 0.25) is 5.91 Å². The van der Waals surface area contributed by atoms with Gasteiger partial charge in [0, 0.05) is 6.04 Å². The Labute approximate surface area is 98.6 Å². The van der Waals surface area contributed by atoms with Crippen LogP contribution in [0.4, 0.5) is 0 Å². The van der Waals surface area contributed by atoms with Crippen molar-refractivity contribution in [2.75, 3.05) is 6.67 Å². The lowest BCUT2D eigenvalue weighted by Gasteiger charge is -2.29. The van der Waals surface area contributed by atoms with Crippen LogP contribution in [0, 0.1) is 5.92 Å². The second kappa shape index (κ2) is 5.17. The zero-order chi connectivity index (χ0) is 11.5. The lowest BCUT2D eigenvalue weighted by atomic mass is 9.98. The van der Waals surface area contributed by atoms with E-state index in [1.54, 1.807) is 0 Å². The van der Waals surface area contributed by atoms with E-state index in [-0.39, 0.29) is 6.04 Å². The molecule has 2 rings (SSSR count). The molecule has 92 valence electrons. The molecule has 0 radical (unpaired) electrons. The van der Waals surface area contributed by atoms with Crippen molar-refractivity contribution in [1.29, 1.82) is 0 Å². The molecule has 16 heavy (non-hydrogen) atoms. The molecule has 1 aliphatic heterocycles. The van der Waals surface area contributed by atoms with E-state index in [2.05, 4.69) is 24.1 Å². The van der Waals surface area contributed by atoms with Gasteiger partial charge in [-0.15, -0.1) is 0 Å². The van der Waals surface area contributed by atoms with Gasteiger partial charge in [0.15, 0.2) is 0 Å². The van der Waals surface area contributed by atoms with Gasteiger partial charge < -0.3 is 4.90 Å². The molecular formula is C13H24N2O. The number of nitrogens with zero attached hydrogens (tertiary/aromatic N) is 1. The second-order valence-corrected chi connectivity index (χ2v) is 5.30. The summed E-state index contributed by atoms with van der Waals surface area (Å²) in [5.41, 5.74) is 0. The maximum absolute atomic E-state index is 12.2. The summed E-state index contributed by atoms with van der Waals surface area (Å²) in [6.07, 6.45) is 7.38. The lowest BCUT2D eigenvalue weighted by molar-refractivity contribution is -0.131. The van der Waals surface area contributed by atoms with Gasteiger partial charge in [0.1, 0.15) is 0 Å². The van der Waals surface area contributed by atoms with Crippen molar-refractivity contribution in [3.8, 4) is 0 Å². The highest BCUT2D eigenvalue weighted by atomic mass is 16.2. The standard InChI is InChI=1S/C13H24N2O/c1-3-6-12-13(16)15(9-14-12)10(2)11-7-4-5-8-11/h10-12,14H,3-9H2,1-2H3. The van der Waals surface area contributed by atoms with Gasteiger partial charge in [-0.3, -0.25) is 10.1 Å². The van der Waals surface area contributed by atoms with E-state index in [1.807, 2.05) is 0 Å². The Morgan fingerprint density at radius 3 is 2.75 bits per heavy atom. The third-order valence-electron chi connectivity index (χ3n) is 4.24. The summed E-state index contributed by atoms with van der Waals surface area (Å²) in [6.45, 7) is 5.13. The summed E-state index contributed by atoms with van der Waals surface area (Å²) >= 11 is 0. The van der Waals surface area contributed by atoms with E-state index in [4.69, 9.17) is 0 Å². The van der Waals surface area contributed by atoms with E-state index in [9.17, 15) is 4.79 Å². The topological polar surface area (TPSA) is 32.3 Å². The Morgan fingerprint density at radius 1 is 1.44 bits per heavy atom. The fraction of sp³-hybridized carbons (Fsp3) is 0.923. The van der Waals surface area contributed by atoms with Crippen molar-refractivity contribution in [2.24, 2.45) is 5.92 Å². The first-order valence-corrected chi connectivity index (χ1v) is 6.78. The summed E-state index contributed by atoms with van der Waals surface area (Å²) in [7, 11) is 0. The number of hydrogen-bond acceptors (Lipinski definition) is 2. The summed E-state index contributed by atoms with van der Waals surface area (Å²) in [6, 6.07) is 0.526. The van der Waals surface area contributed by atoms with Crippen molar-refractivity contribution in [2.45, 2.75) is 64.5 Å². The summed E-state index contributed by atoms with van der Waals surface area (Å²) in [4.78, 5) is 14.2. The highest BCUT2D eigenvalue weighted by Crippen LogP contribution is 2.31. The van der Waals surface area contributed by atoms with Crippen LogP contribution in [0.5, 0.6) is 0 Å². The molecular weight excluding hydrogens is 200 g/mol. The Bertz CT molecular complexity index is 248. The zero-order valence-corrected chi connectivity index (χ0v) is 10.5. The van der Waals surface area contributed by atoms with Crippen LogP contribution >= 0.6 is 0 Å². The van der Waals surface area contributed by atoms with Crippen LogP contribution in [0.25, 0.3) is 0 Å². The Kier molecular flexibility index (Phi) is 3.85. The zero-order valence-electron chi connectivity index (χ0n) is 10.5. The molecule has 1 aliphatic carbocycles. The van der Waals surface area contributed by atoms with Crippen molar-refractivity contribution in [3.05, 3.63) is 0 Å². The molecule has 2 aliphatic rings. The van der Waals surface area contributed by atoms with Crippen molar-refractivity contribution >= 4 is 5.91 Å². The number of amides is 1. The molecule has 0 aromatic heterocycles. The van der Waals surface area contributed by atoms with Crippen LogP contribution in [0.2, 0.25) is 0 Å². The average molecular weight is 224 g/mol. The third kappa shape index (κ3) is 2.24. The highest BCUT2D eigenvalue weighted by molar-refractivity contribution is 5.84. The van der Waals surface area contributed by atoms with Crippen LogP contribution in [-0.4, -0.2) is 29.6 Å². The third-order valence-corrected chi connectivity index (χ3v) is 4.24. The van der Waals surface area contributed by atoms with Crippen molar-refractivity contribution < 1.29 is 4.79 Å². The maximum Gasteiger partial charge on any atom is 0.241 e. The molecule has 2 atom stereocenters. The van der Waals surface area contributed by atoms with Gasteiger partial charge in [0.05, 0.1) is 12.7 Å². The van der Waals surface area contributed by atoms with Crippen LogP contribution in [0.3, 0.4) is 0 Å². The molecule has 1 amide bonds. The molecule has 0 aromatic carbocycles. The maximum atomic E-state index is 12.2. The number of rotatable bonds is 4. The number of carbonyl (C=O) groups excluding carboxylic acids is 1. The minimum atomic E-state index is 0.0915. The van der Waals surface area contributed by atoms with Crippen LogP contribution in [0.1, 0.15) is 52.4 Å². The molecule has 2 unspecified atom stereocenters. The Hall–Kier alpha value is -0.570. The summed E-state index contributed by atoms with van der Waals surface area (Å²) in [5, 5.41) is 3.34. The van der Waals surface area contributed by atoms with Gasteiger partial charge in [-0.05, 0) is 32.1 Å². The van der Waals surface area contributed by atoms with Crippen LogP contribution in [-0.2, 0) is 4.79 Å². The van der Waals surface area contributed by atoms with Gasteiger partial charge in [-0.1, -0.05) is 26.2 Å². The molecule has 1 heterocycles. The Balaban J connectivity index is 1.92. The van der Waals surface area contributed by atoms with Gasteiger partial charge in [-0.25, -0.2) is 0 Å². The van der Waals surface area contributed by atoms with Gasteiger partial charge in [-0.2, -0.15) is 0 Å². The second-order valence-electron chi connectivity index (χ2n) is 5.30. The molecule has 1 saturated heterocycles. The van der Waals surface area contributed by atoms with Gasteiger partial charge in [0.25, 0.3) is 0 Å². The first kappa shape index (κ1) is 11.9. The molecule has 1 N–H and O–H groups in total. The quantitative estimate of drug-likeness (QED) is 0.793. The fourth-order valence-corrected chi connectivity index (χ4v) is 3.13. The molecule has 3 nitrogen and oxygen atoms in total. The van der Waals surface area contributed by atoms with Crippen molar-refractivity contribution in [3.63, 3.8) is 0 Å². The first-order valence-electron chi connectivity index (χ1n) is 6.78. The Morgan fingerprint density at radius 2 is 2.12 bits per heavy atom. The van der Waals surface area contributed by atoms with Crippen molar-refractivity contribution in [1.82, 2.24) is 10.2 Å². The van der Waals surface area contributed by atoms with E-state index in [0.717, 1.165) is 25.4 Å². The van der Waals surface area contributed by atoms with E-state index in [0.29, 0.717) is 11.9 Å². The van der Waals surface area contributed by atoms with Gasteiger partial charge >= 0.3 is 0 Å². The van der Waals surface area contributed by atoms with Crippen LogP contribution in [0.15, 0.2) is 0 Å². The minimum absolute atomic E-state index is 0.0915. The SMILES string of the molecule is CCCC1NCN(C(C)C2CCCC2)C1=O. The van der Waals surface area contributed by atoms with E-state index in [1.165, 1.54) is 25.7 Å². The molecule has 1 saturated carbocycles. The number of hydrogen-bond donors (Lipinski definition) is 1. The monoisotopic (exact) mass is 224 g/mol. The first-order chi connectivity index (χ1) is 7.74.